The van der Waals surface area contributed by atoms with Gasteiger partial charge in [-0.2, -0.15) is 0 Å². The van der Waals surface area contributed by atoms with Crippen molar-refractivity contribution in [2.75, 3.05) is 6.54 Å². The lowest BCUT2D eigenvalue weighted by Gasteiger charge is -2.26. The summed E-state index contributed by atoms with van der Waals surface area (Å²) in [6.07, 6.45) is 4.11. The van der Waals surface area contributed by atoms with E-state index in [0.29, 0.717) is 12.6 Å². The second-order valence-electron chi connectivity index (χ2n) is 4.40. The molecule has 1 aliphatic rings. The molecule has 0 aliphatic heterocycles. The smallest absolute Gasteiger partial charge is 0.315 e. The Bertz CT molecular complexity index is 374. The second-order valence-corrected chi connectivity index (χ2v) is 4.40. The van der Waals surface area contributed by atoms with E-state index in [1.807, 2.05) is 0 Å². The summed E-state index contributed by atoms with van der Waals surface area (Å²) in [5.41, 5.74) is 1.02. The molecular weight excluding hydrogens is 219 g/mol. The molecule has 4 heteroatoms. The van der Waals surface area contributed by atoms with Crippen molar-refractivity contribution in [3.63, 3.8) is 0 Å². The van der Waals surface area contributed by atoms with Crippen LogP contribution in [0.25, 0.3) is 0 Å². The minimum atomic E-state index is -0.232. The normalized spacial score (nSPS) is 15.1. The topological polar surface area (TPSA) is 41.1 Å². The van der Waals surface area contributed by atoms with Crippen molar-refractivity contribution < 1.29 is 9.18 Å². The maximum absolute atomic E-state index is 12.6. The lowest BCUT2D eigenvalue weighted by Crippen LogP contribution is -2.45. The summed E-state index contributed by atoms with van der Waals surface area (Å²) in [5, 5.41) is 5.70. The predicted octanol–water partition coefficient (Wildman–Crippen LogP) is 2.22. The molecule has 2 rings (SSSR count). The minimum absolute atomic E-state index is 0.100. The first-order valence-corrected chi connectivity index (χ1v) is 6.03. The van der Waals surface area contributed by atoms with Gasteiger partial charge in [-0.05, 0) is 43.4 Å². The Morgan fingerprint density at radius 3 is 2.59 bits per heavy atom. The van der Waals surface area contributed by atoms with Crippen molar-refractivity contribution in [3.05, 3.63) is 35.6 Å². The van der Waals surface area contributed by atoms with Crippen LogP contribution in [0.5, 0.6) is 0 Å². The van der Waals surface area contributed by atoms with Gasteiger partial charge < -0.3 is 10.6 Å². The average Bonchev–Trinajstić information content (AvgIpc) is 2.26. The molecule has 0 atom stereocenters. The molecule has 2 amide bonds. The van der Waals surface area contributed by atoms with Gasteiger partial charge in [0.05, 0.1) is 0 Å². The standard InChI is InChI=1S/C13H17FN2O/c14-11-6-4-10(5-7-11)8-9-15-13(17)16-12-2-1-3-12/h4-7,12H,1-3,8-9H2,(H2,15,16,17). The van der Waals surface area contributed by atoms with Crippen LogP contribution in [0.1, 0.15) is 24.8 Å². The van der Waals surface area contributed by atoms with Crippen LogP contribution < -0.4 is 10.6 Å². The van der Waals surface area contributed by atoms with Gasteiger partial charge >= 0.3 is 6.03 Å². The van der Waals surface area contributed by atoms with Crippen LogP contribution in [-0.4, -0.2) is 18.6 Å². The van der Waals surface area contributed by atoms with Gasteiger partial charge in [-0.25, -0.2) is 9.18 Å². The zero-order valence-corrected chi connectivity index (χ0v) is 9.71. The van der Waals surface area contributed by atoms with Crippen LogP contribution in [0.15, 0.2) is 24.3 Å². The van der Waals surface area contributed by atoms with Gasteiger partial charge in [-0.3, -0.25) is 0 Å². The average molecular weight is 236 g/mol. The Labute approximate surface area is 100 Å². The number of carbonyl (C=O) groups excluding carboxylic acids is 1. The van der Waals surface area contributed by atoms with E-state index >= 15 is 0 Å². The summed E-state index contributed by atoms with van der Waals surface area (Å²) in [6, 6.07) is 6.60. The fraction of sp³-hybridized carbons (Fsp3) is 0.462. The fourth-order valence-corrected chi connectivity index (χ4v) is 1.76. The van der Waals surface area contributed by atoms with Crippen LogP contribution in [0.4, 0.5) is 9.18 Å². The Morgan fingerprint density at radius 2 is 2.00 bits per heavy atom. The lowest BCUT2D eigenvalue weighted by atomic mass is 9.93. The Kier molecular flexibility index (Phi) is 3.96. The fourth-order valence-electron chi connectivity index (χ4n) is 1.76. The Hall–Kier alpha value is -1.58. The molecule has 1 fully saturated rings. The number of halogens is 1. The summed E-state index contributed by atoms with van der Waals surface area (Å²) in [6.45, 7) is 0.574. The number of hydrogen-bond acceptors (Lipinski definition) is 1. The molecule has 0 radical (unpaired) electrons. The molecule has 3 nitrogen and oxygen atoms in total. The number of hydrogen-bond donors (Lipinski definition) is 2. The van der Waals surface area contributed by atoms with E-state index in [-0.39, 0.29) is 11.8 Å². The molecule has 0 spiro atoms. The van der Waals surface area contributed by atoms with Gasteiger partial charge in [0.1, 0.15) is 5.82 Å². The quantitative estimate of drug-likeness (QED) is 0.827. The third kappa shape index (κ3) is 3.73. The van der Waals surface area contributed by atoms with Crippen LogP contribution in [0.2, 0.25) is 0 Å². The highest BCUT2D eigenvalue weighted by atomic mass is 19.1. The Morgan fingerprint density at radius 1 is 1.29 bits per heavy atom. The minimum Gasteiger partial charge on any atom is -0.338 e. The molecular formula is C13H17FN2O. The number of rotatable bonds is 4. The van der Waals surface area contributed by atoms with Gasteiger partial charge in [0.25, 0.3) is 0 Å². The largest absolute Gasteiger partial charge is 0.338 e. The van der Waals surface area contributed by atoms with Crippen molar-refractivity contribution in [1.29, 1.82) is 0 Å². The molecule has 1 saturated carbocycles. The van der Waals surface area contributed by atoms with E-state index in [0.717, 1.165) is 24.8 Å². The maximum Gasteiger partial charge on any atom is 0.315 e. The van der Waals surface area contributed by atoms with E-state index in [2.05, 4.69) is 10.6 Å². The molecule has 2 N–H and O–H groups in total. The van der Waals surface area contributed by atoms with Crippen LogP contribution in [0, 0.1) is 5.82 Å². The van der Waals surface area contributed by atoms with Gasteiger partial charge in [-0.1, -0.05) is 12.1 Å². The third-order valence-electron chi connectivity index (χ3n) is 3.05. The van der Waals surface area contributed by atoms with E-state index in [4.69, 9.17) is 0 Å². The van der Waals surface area contributed by atoms with E-state index < -0.39 is 0 Å². The summed E-state index contributed by atoms with van der Waals surface area (Å²) in [7, 11) is 0. The summed E-state index contributed by atoms with van der Waals surface area (Å²) in [5.74, 6) is -0.232. The van der Waals surface area contributed by atoms with Gasteiger partial charge in [0.15, 0.2) is 0 Å². The van der Waals surface area contributed by atoms with E-state index in [9.17, 15) is 9.18 Å². The highest BCUT2D eigenvalue weighted by Crippen LogP contribution is 2.17. The molecule has 0 heterocycles. The molecule has 1 aromatic carbocycles. The van der Waals surface area contributed by atoms with Crippen molar-refractivity contribution >= 4 is 6.03 Å². The highest BCUT2D eigenvalue weighted by Gasteiger charge is 2.18. The van der Waals surface area contributed by atoms with E-state index in [1.54, 1.807) is 12.1 Å². The van der Waals surface area contributed by atoms with Crippen LogP contribution >= 0.6 is 0 Å². The molecule has 0 aromatic heterocycles. The maximum atomic E-state index is 12.6. The number of amides is 2. The van der Waals surface area contributed by atoms with Crippen molar-refractivity contribution in [2.45, 2.75) is 31.7 Å². The first-order chi connectivity index (χ1) is 8.24. The van der Waals surface area contributed by atoms with Gasteiger partial charge in [0.2, 0.25) is 0 Å². The van der Waals surface area contributed by atoms with Gasteiger partial charge in [0, 0.05) is 12.6 Å². The number of urea groups is 1. The first-order valence-electron chi connectivity index (χ1n) is 6.03. The molecule has 0 bridgehead atoms. The number of nitrogens with one attached hydrogen (secondary N) is 2. The monoisotopic (exact) mass is 236 g/mol. The summed E-state index contributed by atoms with van der Waals surface area (Å²) in [4.78, 5) is 11.4. The van der Waals surface area contributed by atoms with Crippen molar-refractivity contribution in [1.82, 2.24) is 10.6 Å². The number of carbonyl (C=O) groups is 1. The van der Waals surface area contributed by atoms with E-state index in [1.165, 1.54) is 18.6 Å². The first kappa shape index (κ1) is 11.9. The summed E-state index contributed by atoms with van der Waals surface area (Å²) >= 11 is 0. The number of benzene rings is 1. The molecule has 92 valence electrons. The van der Waals surface area contributed by atoms with Gasteiger partial charge in [-0.15, -0.1) is 0 Å². The zero-order valence-electron chi connectivity index (χ0n) is 9.71. The lowest BCUT2D eigenvalue weighted by molar-refractivity contribution is 0.228. The van der Waals surface area contributed by atoms with Crippen LogP contribution in [0.3, 0.4) is 0 Å². The molecule has 0 saturated heterocycles. The summed E-state index contributed by atoms with van der Waals surface area (Å²) < 4.78 is 12.6. The highest BCUT2D eigenvalue weighted by molar-refractivity contribution is 5.74. The predicted molar refractivity (Wildman–Crippen MR) is 64.3 cm³/mol. The Balaban J connectivity index is 1.64. The molecule has 1 aromatic rings. The third-order valence-corrected chi connectivity index (χ3v) is 3.05. The second kappa shape index (κ2) is 5.66. The molecule has 1 aliphatic carbocycles. The SMILES string of the molecule is O=C(NCCc1ccc(F)cc1)NC1CCC1. The molecule has 17 heavy (non-hydrogen) atoms. The zero-order chi connectivity index (χ0) is 12.1. The van der Waals surface area contributed by atoms with Crippen LogP contribution in [-0.2, 0) is 6.42 Å². The van der Waals surface area contributed by atoms with Crippen molar-refractivity contribution in [3.8, 4) is 0 Å². The van der Waals surface area contributed by atoms with Crippen molar-refractivity contribution in [2.24, 2.45) is 0 Å². The molecule has 0 unspecified atom stereocenters.